The standard InChI is InChI=1S/C14H26/c1-10(2)11(3)8-6-7-9-14-12(4)13(14)5/h7,9-14H,6,8H2,1-5H3. The first-order chi connectivity index (χ1) is 6.54. The van der Waals surface area contributed by atoms with Gasteiger partial charge in [0.15, 0.2) is 0 Å². The minimum Gasteiger partial charge on any atom is -0.0882 e. The second kappa shape index (κ2) is 5.00. The molecule has 0 heteroatoms. The third-order valence-electron chi connectivity index (χ3n) is 4.19. The Morgan fingerprint density at radius 1 is 1.07 bits per heavy atom. The van der Waals surface area contributed by atoms with Crippen LogP contribution in [-0.4, -0.2) is 0 Å². The molecule has 1 rings (SSSR count). The summed E-state index contributed by atoms with van der Waals surface area (Å²) in [6, 6.07) is 0. The minimum atomic E-state index is 0.835. The molecule has 1 fully saturated rings. The molecule has 0 aromatic carbocycles. The predicted octanol–water partition coefficient (Wildman–Crippen LogP) is 4.52. The summed E-state index contributed by atoms with van der Waals surface area (Å²) in [7, 11) is 0. The Kier molecular flexibility index (Phi) is 4.22. The lowest BCUT2D eigenvalue weighted by atomic mass is 9.93. The summed E-state index contributed by atoms with van der Waals surface area (Å²) in [4.78, 5) is 0. The molecule has 0 saturated heterocycles. The zero-order valence-corrected chi connectivity index (χ0v) is 10.5. The summed E-state index contributed by atoms with van der Waals surface area (Å²) in [5, 5.41) is 0. The van der Waals surface area contributed by atoms with E-state index in [0.717, 1.165) is 29.6 Å². The van der Waals surface area contributed by atoms with Gasteiger partial charge in [0.05, 0.1) is 0 Å². The van der Waals surface area contributed by atoms with Gasteiger partial charge in [-0.2, -0.15) is 0 Å². The molecule has 0 aromatic heterocycles. The first-order valence-corrected chi connectivity index (χ1v) is 6.20. The van der Waals surface area contributed by atoms with Crippen LogP contribution in [0.3, 0.4) is 0 Å². The van der Waals surface area contributed by atoms with Crippen molar-refractivity contribution in [2.24, 2.45) is 29.6 Å². The summed E-state index contributed by atoms with van der Waals surface area (Å²) in [6.07, 6.45) is 7.48. The Morgan fingerprint density at radius 2 is 1.64 bits per heavy atom. The van der Waals surface area contributed by atoms with Crippen molar-refractivity contribution in [2.45, 2.75) is 47.5 Å². The number of hydrogen-bond acceptors (Lipinski definition) is 0. The van der Waals surface area contributed by atoms with Gasteiger partial charge in [-0.15, -0.1) is 0 Å². The van der Waals surface area contributed by atoms with Gasteiger partial charge >= 0.3 is 0 Å². The normalized spacial score (nSPS) is 34.0. The molecule has 0 spiro atoms. The quantitative estimate of drug-likeness (QED) is 0.565. The van der Waals surface area contributed by atoms with E-state index in [1.165, 1.54) is 12.8 Å². The largest absolute Gasteiger partial charge is 0.0882 e. The molecule has 3 unspecified atom stereocenters. The van der Waals surface area contributed by atoms with Crippen LogP contribution in [-0.2, 0) is 0 Å². The number of allylic oxidation sites excluding steroid dienone is 2. The lowest BCUT2D eigenvalue weighted by molar-refractivity contribution is 0.395. The van der Waals surface area contributed by atoms with Crippen molar-refractivity contribution in [1.82, 2.24) is 0 Å². The highest BCUT2D eigenvalue weighted by Gasteiger charge is 2.40. The summed E-state index contributed by atoms with van der Waals surface area (Å²) < 4.78 is 0. The molecule has 0 bridgehead atoms. The van der Waals surface area contributed by atoms with Crippen LogP contribution in [0.1, 0.15) is 47.5 Å². The van der Waals surface area contributed by atoms with E-state index in [2.05, 4.69) is 46.8 Å². The van der Waals surface area contributed by atoms with Crippen LogP contribution in [0.2, 0.25) is 0 Å². The minimum absolute atomic E-state index is 0.835. The molecular weight excluding hydrogens is 168 g/mol. The fourth-order valence-electron chi connectivity index (χ4n) is 2.00. The van der Waals surface area contributed by atoms with Gasteiger partial charge in [-0.25, -0.2) is 0 Å². The van der Waals surface area contributed by atoms with Crippen molar-refractivity contribution in [3.63, 3.8) is 0 Å². The molecule has 1 aliphatic rings. The van der Waals surface area contributed by atoms with Crippen LogP contribution in [0.15, 0.2) is 12.2 Å². The van der Waals surface area contributed by atoms with E-state index in [9.17, 15) is 0 Å². The maximum Gasteiger partial charge on any atom is -0.0177 e. The van der Waals surface area contributed by atoms with Crippen LogP contribution in [0.4, 0.5) is 0 Å². The molecular formula is C14H26. The Hall–Kier alpha value is -0.260. The SMILES string of the molecule is CC(C)C(C)CCC=CC1C(C)C1C. The third kappa shape index (κ3) is 3.15. The highest BCUT2D eigenvalue weighted by atomic mass is 14.4. The summed E-state index contributed by atoms with van der Waals surface area (Å²) in [6.45, 7) is 11.7. The van der Waals surface area contributed by atoms with E-state index in [4.69, 9.17) is 0 Å². The average molecular weight is 194 g/mol. The van der Waals surface area contributed by atoms with E-state index in [-0.39, 0.29) is 0 Å². The van der Waals surface area contributed by atoms with Gasteiger partial charge in [0.2, 0.25) is 0 Å². The molecule has 0 radical (unpaired) electrons. The van der Waals surface area contributed by atoms with Crippen molar-refractivity contribution in [3.05, 3.63) is 12.2 Å². The first kappa shape index (κ1) is 11.8. The van der Waals surface area contributed by atoms with Crippen LogP contribution in [0.25, 0.3) is 0 Å². The fourth-order valence-corrected chi connectivity index (χ4v) is 2.00. The summed E-state index contributed by atoms with van der Waals surface area (Å²) in [5.74, 6) is 4.47. The zero-order chi connectivity index (χ0) is 10.7. The van der Waals surface area contributed by atoms with Gasteiger partial charge in [0.25, 0.3) is 0 Å². The van der Waals surface area contributed by atoms with E-state index in [0.29, 0.717) is 0 Å². The van der Waals surface area contributed by atoms with Crippen molar-refractivity contribution in [2.75, 3.05) is 0 Å². The maximum atomic E-state index is 2.45. The molecule has 3 atom stereocenters. The molecule has 1 saturated carbocycles. The van der Waals surface area contributed by atoms with Gasteiger partial charge in [0, 0.05) is 0 Å². The predicted molar refractivity (Wildman–Crippen MR) is 64.2 cm³/mol. The molecule has 14 heavy (non-hydrogen) atoms. The molecule has 82 valence electrons. The second-order valence-electron chi connectivity index (χ2n) is 5.52. The van der Waals surface area contributed by atoms with Gasteiger partial charge in [-0.3, -0.25) is 0 Å². The maximum absolute atomic E-state index is 2.45. The zero-order valence-electron chi connectivity index (χ0n) is 10.5. The lowest BCUT2D eigenvalue weighted by Crippen LogP contribution is -2.02. The molecule has 0 amide bonds. The fraction of sp³-hybridized carbons (Fsp3) is 0.857. The van der Waals surface area contributed by atoms with Gasteiger partial charge in [0.1, 0.15) is 0 Å². The summed E-state index contributed by atoms with van der Waals surface area (Å²) in [5.41, 5.74) is 0. The third-order valence-corrected chi connectivity index (χ3v) is 4.19. The summed E-state index contributed by atoms with van der Waals surface area (Å²) >= 11 is 0. The van der Waals surface area contributed by atoms with Gasteiger partial charge in [-0.1, -0.05) is 46.8 Å². The number of hydrogen-bond donors (Lipinski definition) is 0. The van der Waals surface area contributed by atoms with Crippen LogP contribution < -0.4 is 0 Å². The Balaban J connectivity index is 2.10. The molecule has 0 N–H and O–H groups in total. The topological polar surface area (TPSA) is 0 Å². The van der Waals surface area contributed by atoms with Crippen molar-refractivity contribution in [1.29, 1.82) is 0 Å². The molecule has 1 aliphatic carbocycles. The molecule has 0 nitrogen and oxygen atoms in total. The lowest BCUT2D eigenvalue weighted by Gasteiger charge is -2.13. The molecule has 0 aliphatic heterocycles. The van der Waals surface area contributed by atoms with Crippen LogP contribution in [0, 0.1) is 29.6 Å². The van der Waals surface area contributed by atoms with Crippen LogP contribution in [0.5, 0.6) is 0 Å². The Bertz CT molecular complexity index is 182. The highest BCUT2D eigenvalue weighted by molar-refractivity contribution is 5.04. The first-order valence-electron chi connectivity index (χ1n) is 6.20. The van der Waals surface area contributed by atoms with E-state index < -0.39 is 0 Å². The Labute approximate surface area is 89.8 Å². The van der Waals surface area contributed by atoms with Crippen molar-refractivity contribution >= 4 is 0 Å². The molecule has 0 aromatic rings. The van der Waals surface area contributed by atoms with Gasteiger partial charge in [-0.05, 0) is 42.4 Å². The van der Waals surface area contributed by atoms with E-state index in [1.54, 1.807) is 0 Å². The number of rotatable bonds is 5. The van der Waals surface area contributed by atoms with E-state index >= 15 is 0 Å². The highest BCUT2D eigenvalue weighted by Crippen LogP contribution is 2.46. The van der Waals surface area contributed by atoms with Crippen molar-refractivity contribution < 1.29 is 0 Å². The van der Waals surface area contributed by atoms with E-state index in [1.807, 2.05) is 0 Å². The average Bonchev–Trinajstić information content (AvgIpc) is 2.69. The van der Waals surface area contributed by atoms with Crippen molar-refractivity contribution in [3.8, 4) is 0 Å². The monoisotopic (exact) mass is 194 g/mol. The smallest absolute Gasteiger partial charge is 0.0177 e. The van der Waals surface area contributed by atoms with Gasteiger partial charge < -0.3 is 0 Å². The Morgan fingerprint density at radius 3 is 2.07 bits per heavy atom. The second-order valence-corrected chi connectivity index (χ2v) is 5.52. The molecule has 0 heterocycles. The van der Waals surface area contributed by atoms with Crippen LogP contribution >= 0.6 is 0 Å².